The molecular weight excluding hydrogens is 327 g/mol. The molecule has 1 amide bonds. The normalized spacial score (nSPS) is 22.8. The average molecular weight is 347 g/mol. The zero-order valence-electron chi connectivity index (χ0n) is 12.8. The summed E-state index contributed by atoms with van der Waals surface area (Å²) in [7, 11) is 0. The van der Waals surface area contributed by atoms with Gasteiger partial charge in [0, 0.05) is 12.3 Å². The summed E-state index contributed by atoms with van der Waals surface area (Å²) in [5, 5.41) is 12.9. The van der Waals surface area contributed by atoms with Crippen molar-refractivity contribution < 1.29 is 23.1 Å². The van der Waals surface area contributed by atoms with Crippen LogP contribution in [-0.4, -0.2) is 34.7 Å². The number of carbonyl (C=O) groups is 1. The molecule has 1 heterocycles. The van der Waals surface area contributed by atoms with Gasteiger partial charge >= 0.3 is 6.18 Å². The predicted octanol–water partition coefficient (Wildman–Crippen LogP) is 3.18. The number of alkyl halides is 3. The molecule has 1 aliphatic heterocycles. The topological polar surface area (TPSA) is 49.3 Å². The summed E-state index contributed by atoms with van der Waals surface area (Å²) < 4.78 is 38.4. The van der Waals surface area contributed by atoms with Gasteiger partial charge in [-0.1, -0.05) is 25.1 Å². The van der Waals surface area contributed by atoms with Gasteiger partial charge in [-0.05, 0) is 30.2 Å². The van der Waals surface area contributed by atoms with Gasteiger partial charge in [0.05, 0.1) is 17.1 Å². The fraction of sp³-hybridized carbons (Fsp3) is 0.562. The molecule has 1 saturated heterocycles. The van der Waals surface area contributed by atoms with Crippen LogP contribution in [0.2, 0.25) is 0 Å². The second-order valence-electron chi connectivity index (χ2n) is 5.83. The van der Waals surface area contributed by atoms with Crippen LogP contribution in [0.15, 0.2) is 24.3 Å². The van der Waals surface area contributed by atoms with Crippen molar-refractivity contribution >= 4 is 17.7 Å². The first-order valence-electron chi connectivity index (χ1n) is 7.50. The van der Waals surface area contributed by atoms with Crippen LogP contribution in [0.1, 0.15) is 36.8 Å². The number of aliphatic hydroxyl groups is 1. The zero-order valence-corrected chi connectivity index (χ0v) is 13.6. The lowest BCUT2D eigenvalue weighted by Crippen LogP contribution is -2.44. The molecule has 1 aliphatic rings. The van der Waals surface area contributed by atoms with Gasteiger partial charge in [0.2, 0.25) is 5.91 Å². The lowest BCUT2D eigenvalue weighted by atomic mass is 9.93. The van der Waals surface area contributed by atoms with E-state index in [0.29, 0.717) is 24.2 Å². The van der Waals surface area contributed by atoms with Crippen molar-refractivity contribution in [1.29, 1.82) is 0 Å². The van der Waals surface area contributed by atoms with Gasteiger partial charge < -0.3 is 10.4 Å². The van der Waals surface area contributed by atoms with Gasteiger partial charge in [-0.25, -0.2) is 0 Å². The Kier molecular flexibility index (Phi) is 5.62. The SMILES string of the molecule is CC[C@@H](C(=O)NC[C@@]1(O)CCSC1)c1cccc(C(F)(F)F)c1. The third-order valence-corrected chi connectivity index (χ3v) is 5.25. The third-order valence-electron chi connectivity index (χ3n) is 4.02. The van der Waals surface area contributed by atoms with Crippen LogP contribution in [-0.2, 0) is 11.0 Å². The molecule has 1 aromatic carbocycles. The molecule has 2 atom stereocenters. The molecule has 0 saturated carbocycles. The maximum atomic E-state index is 12.8. The summed E-state index contributed by atoms with van der Waals surface area (Å²) in [6.07, 6.45) is -3.43. The molecule has 1 aromatic rings. The van der Waals surface area contributed by atoms with Crippen molar-refractivity contribution in [1.82, 2.24) is 5.32 Å². The van der Waals surface area contributed by atoms with Gasteiger partial charge in [0.1, 0.15) is 0 Å². The van der Waals surface area contributed by atoms with E-state index in [-0.39, 0.29) is 12.5 Å². The summed E-state index contributed by atoms with van der Waals surface area (Å²) in [6.45, 7) is 1.89. The van der Waals surface area contributed by atoms with Crippen LogP contribution in [0, 0.1) is 0 Å². The average Bonchev–Trinajstić information content (AvgIpc) is 2.93. The van der Waals surface area contributed by atoms with Crippen molar-refractivity contribution in [3.8, 4) is 0 Å². The van der Waals surface area contributed by atoms with Crippen molar-refractivity contribution in [2.75, 3.05) is 18.1 Å². The highest BCUT2D eigenvalue weighted by molar-refractivity contribution is 7.99. The molecule has 7 heteroatoms. The molecule has 2 N–H and O–H groups in total. The number of benzene rings is 1. The van der Waals surface area contributed by atoms with Crippen molar-refractivity contribution in [3.05, 3.63) is 35.4 Å². The zero-order chi connectivity index (χ0) is 17.1. The Balaban J connectivity index is 2.08. The Morgan fingerprint density at radius 2 is 2.22 bits per heavy atom. The summed E-state index contributed by atoms with van der Waals surface area (Å²) in [4.78, 5) is 12.3. The summed E-state index contributed by atoms with van der Waals surface area (Å²) in [6, 6.07) is 4.86. The monoisotopic (exact) mass is 347 g/mol. The molecule has 3 nitrogen and oxygen atoms in total. The highest BCUT2D eigenvalue weighted by atomic mass is 32.2. The molecule has 0 radical (unpaired) electrons. The van der Waals surface area contributed by atoms with E-state index in [9.17, 15) is 23.1 Å². The van der Waals surface area contributed by atoms with Crippen LogP contribution in [0.5, 0.6) is 0 Å². The molecule has 0 aromatic heterocycles. The molecule has 0 spiro atoms. The Morgan fingerprint density at radius 1 is 1.48 bits per heavy atom. The number of thioether (sulfide) groups is 1. The van der Waals surface area contributed by atoms with E-state index in [2.05, 4.69) is 5.32 Å². The smallest absolute Gasteiger partial charge is 0.387 e. The molecule has 0 bridgehead atoms. The van der Waals surface area contributed by atoms with Crippen molar-refractivity contribution in [2.24, 2.45) is 0 Å². The predicted molar refractivity (Wildman–Crippen MR) is 84.4 cm³/mol. The van der Waals surface area contributed by atoms with Gasteiger partial charge in [-0.2, -0.15) is 24.9 Å². The molecule has 23 heavy (non-hydrogen) atoms. The standard InChI is InChI=1S/C16H20F3NO2S/c1-2-13(11-4-3-5-12(8-11)16(17,18)19)14(21)20-9-15(22)6-7-23-10-15/h3-5,8,13,22H,2,6-7,9-10H2,1H3,(H,20,21)/t13-,15+/m1/s1. The maximum absolute atomic E-state index is 12.8. The molecule has 0 unspecified atom stereocenters. The Hall–Kier alpha value is -1.21. The van der Waals surface area contributed by atoms with E-state index in [1.807, 2.05) is 0 Å². The number of hydrogen-bond acceptors (Lipinski definition) is 3. The largest absolute Gasteiger partial charge is 0.416 e. The highest BCUT2D eigenvalue weighted by Crippen LogP contribution is 2.32. The number of halogens is 3. The molecule has 1 fully saturated rings. The summed E-state index contributed by atoms with van der Waals surface area (Å²) in [5.74, 6) is 0.400. The summed E-state index contributed by atoms with van der Waals surface area (Å²) in [5.41, 5.74) is -1.33. The van der Waals surface area contributed by atoms with Gasteiger partial charge in [-0.3, -0.25) is 4.79 Å². The lowest BCUT2D eigenvalue weighted by molar-refractivity contribution is -0.137. The highest BCUT2D eigenvalue weighted by Gasteiger charge is 2.34. The number of nitrogens with one attached hydrogen (secondary N) is 1. The third kappa shape index (κ3) is 4.64. The first-order chi connectivity index (χ1) is 10.7. The number of hydrogen-bond donors (Lipinski definition) is 2. The minimum Gasteiger partial charge on any atom is -0.387 e. The second kappa shape index (κ2) is 7.13. The quantitative estimate of drug-likeness (QED) is 0.860. The summed E-state index contributed by atoms with van der Waals surface area (Å²) >= 11 is 1.62. The van der Waals surface area contributed by atoms with Crippen LogP contribution < -0.4 is 5.32 Å². The van der Waals surface area contributed by atoms with Crippen LogP contribution in [0.25, 0.3) is 0 Å². The van der Waals surface area contributed by atoms with E-state index in [0.717, 1.165) is 17.9 Å². The number of carbonyl (C=O) groups excluding carboxylic acids is 1. The van der Waals surface area contributed by atoms with Crippen molar-refractivity contribution in [2.45, 2.75) is 37.5 Å². The molecule has 2 rings (SSSR count). The molecular formula is C16H20F3NO2S. The minimum absolute atomic E-state index is 0.133. The second-order valence-corrected chi connectivity index (χ2v) is 6.93. The maximum Gasteiger partial charge on any atom is 0.416 e. The van der Waals surface area contributed by atoms with E-state index in [4.69, 9.17) is 0 Å². The first kappa shape index (κ1) is 18.1. The molecule has 128 valence electrons. The minimum atomic E-state index is -4.43. The Labute approximate surface area is 137 Å². The fourth-order valence-electron chi connectivity index (χ4n) is 2.61. The van der Waals surface area contributed by atoms with E-state index < -0.39 is 23.3 Å². The Morgan fingerprint density at radius 3 is 2.78 bits per heavy atom. The van der Waals surface area contributed by atoms with Gasteiger partial charge in [-0.15, -0.1) is 0 Å². The van der Waals surface area contributed by atoms with E-state index in [1.54, 1.807) is 18.7 Å². The Bertz CT molecular complexity index is 557. The van der Waals surface area contributed by atoms with Crippen molar-refractivity contribution in [3.63, 3.8) is 0 Å². The van der Waals surface area contributed by atoms with Crippen LogP contribution >= 0.6 is 11.8 Å². The fourth-order valence-corrected chi connectivity index (χ4v) is 3.91. The van der Waals surface area contributed by atoms with Gasteiger partial charge in [0.25, 0.3) is 0 Å². The first-order valence-corrected chi connectivity index (χ1v) is 8.66. The van der Waals surface area contributed by atoms with E-state index in [1.165, 1.54) is 12.1 Å². The number of rotatable bonds is 5. The van der Waals surface area contributed by atoms with E-state index >= 15 is 0 Å². The van der Waals surface area contributed by atoms with Crippen LogP contribution in [0.4, 0.5) is 13.2 Å². The molecule has 0 aliphatic carbocycles. The lowest BCUT2D eigenvalue weighted by Gasteiger charge is -2.24. The van der Waals surface area contributed by atoms with Gasteiger partial charge in [0.15, 0.2) is 0 Å². The van der Waals surface area contributed by atoms with Crippen LogP contribution in [0.3, 0.4) is 0 Å². The number of amides is 1.